The summed E-state index contributed by atoms with van der Waals surface area (Å²) in [5, 5.41) is 13.3. The van der Waals surface area contributed by atoms with E-state index in [2.05, 4.69) is 9.88 Å². The van der Waals surface area contributed by atoms with Crippen LogP contribution in [-0.2, 0) is 6.54 Å². The molecule has 31 heavy (non-hydrogen) atoms. The van der Waals surface area contributed by atoms with Crippen LogP contribution < -0.4 is 11.3 Å². The Balaban J connectivity index is 1.51. The minimum atomic E-state index is -0.241. The lowest BCUT2D eigenvalue weighted by molar-refractivity contribution is 0.178. The highest BCUT2D eigenvalue weighted by Gasteiger charge is 2.20. The lowest BCUT2D eigenvalue weighted by atomic mass is 9.96. The topological polar surface area (TPSA) is 82.3 Å². The highest BCUT2D eigenvalue weighted by Crippen LogP contribution is 2.38. The monoisotopic (exact) mass is 437 g/mol. The highest BCUT2D eigenvalue weighted by atomic mass is 32.1. The van der Waals surface area contributed by atoms with E-state index in [1.54, 1.807) is 24.3 Å². The maximum atomic E-state index is 15.0. The van der Waals surface area contributed by atoms with E-state index < -0.39 is 0 Å². The normalized spacial score (nSPS) is 15.8. The van der Waals surface area contributed by atoms with Crippen LogP contribution in [0.25, 0.3) is 32.1 Å². The minimum absolute atomic E-state index is 0.123. The number of pyridine rings is 1. The summed E-state index contributed by atoms with van der Waals surface area (Å²) in [6, 6.07) is 10.2. The third-order valence-electron chi connectivity index (χ3n) is 6.32. The molecule has 0 saturated carbocycles. The number of aromatic hydroxyl groups is 1. The molecule has 1 aliphatic heterocycles. The molecule has 5 nitrogen and oxygen atoms in total. The smallest absolute Gasteiger partial charge is 0.266 e. The van der Waals surface area contributed by atoms with Gasteiger partial charge in [0.15, 0.2) is 0 Å². The maximum Gasteiger partial charge on any atom is 0.266 e. The van der Waals surface area contributed by atoms with Crippen LogP contribution in [0.2, 0.25) is 0 Å². The summed E-state index contributed by atoms with van der Waals surface area (Å²) >= 11 is 1.33. The van der Waals surface area contributed by atoms with Gasteiger partial charge >= 0.3 is 0 Å². The van der Waals surface area contributed by atoms with Crippen LogP contribution in [0.3, 0.4) is 0 Å². The zero-order valence-corrected chi connectivity index (χ0v) is 17.8. The van der Waals surface area contributed by atoms with Gasteiger partial charge in [-0.1, -0.05) is 12.1 Å². The number of hydrogen-bond acceptors (Lipinski definition) is 5. The summed E-state index contributed by atoms with van der Waals surface area (Å²) in [5.41, 5.74) is 8.44. The molecule has 1 fully saturated rings. The molecule has 1 aliphatic rings. The zero-order valence-electron chi connectivity index (χ0n) is 17.0. The lowest BCUT2D eigenvalue weighted by Crippen LogP contribution is -2.35. The number of phenolic OH excluding ortho intramolecular Hbond substituents is 1. The van der Waals surface area contributed by atoms with E-state index in [9.17, 15) is 9.90 Å². The fraction of sp³-hybridized carbons (Fsp3) is 0.292. The number of hydrogen-bond donors (Lipinski definition) is 3. The van der Waals surface area contributed by atoms with Crippen molar-refractivity contribution in [1.29, 1.82) is 0 Å². The molecule has 1 saturated heterocycles. The van der Waals surface area contributed by atoms with Gasteiger partial charge in [0.2, 0.25) is 0 Å². The molecule has 0 bridgehead atoms. The van der Waals surface area contributed by atoms with Crippen molar-refractivity contribution in [2.75, 3.05) is 19.6 Å². The van der Waals surface area contributed by atoms with Gasteiger partial charge < -0.3 is 15.8 Å². The first-order chi connectivity index (χ1) is 15.0. The van der Waals surface area contributed by atoms with Gasteiger partial charge in [-0.15, -0.1) is 11.3 Å². The van der Waals surface area contributed by atoms with Crippen LogP contribution in [-0.4, -0.2) is 34.6 Å². The molecule has 0 radical (unpaired) electrons. The maximum absolute atomic E-state index is 15.0. The van der Waals surface area contributed by atoms with Gasteiger partial charge in [0.25, 0.3) is 5.56 Å². The predicted molar refractivity (Wildman–Crippen MR) is 124 cm³/mol. The summed E-state index contributed by atoms with van der Waals surface area (Å²) in [7, 11) is 0. The molecule has 0 atom stereocenters. The van der Waals surface area contributed by atoms with Crippen molar-refractivity contribution >= 4 is 32.3 Å². The molecule has 5 rings (SSSR count). The van der Waals surface area contributed by atoms with E-state index in [1.165, 1.54) is 11.3 Å². The summed E-state index contributed by atoms with van der Waals surface area (Å²) < 4.78 is 15.6. The quantitative estimate of drug-likeness (QED) is 0.441. The Morgan fingerprint density at radius 2 is 2.00 bits per heavy atom. The largest absolute Gasteiger partial charge is 0.508 e. The fourth-order valence-corrected chi connectivity index (χ4v) is 5.48. The molecule has 160 valence electrons. The first-order valence-electron chi connectivity index (χ1n) is 10.5. The van der Waals surface area contributed by atoms with Crippen LogP contribution in [0.1, 0.15) is 18.4 Å². The van der Waals surface area contributed by atoms with Crippen molar-refractivity contribution in [3.8, 4) is 16.9 Å². The van der Waals surface area contributed by atoms with Crippen molar-refractivity contribution in [3.05, 3.63) is 63.5 Å². The van der Waals surface area contributed by atoms with E-state index in [0.29, 0.717) is 28.2 Å². The van der Waals surface area contributed by atoms with Gasteiger partial charge in [0, 0.05) is 39.3 Å². The Kier molecular flexibility index (Phi) is 5.25. The number of fused-ring (bicyclic) bond motifs is 3. The fourth-order valence-electron chi connectivity index (χ4n) is 4.50. The summed E-state index contributed by atoms with van der Waals surface area (Å²) in [5.74, 6) is 0.459. The number of rotatable bonds is 4. The number of halogens is 1. The van der Waals surface area contributed by atoms with Crippen LogP contribution in [0.5, 0.6) is 5.75 Å². The third kappa shape index (κ3) is 3.73. The summed E-state index contributed by atoms with van der Waals surface area (Å²) in [6.45, 7) is 3.19. The van der Waals surface area contributed by atoms with E-state index in [1.807, 2.05) is 17.5 Å². The van der Waals surface area contributed by atoms with Gasteiger partial charge in [0.05, 0.1) is 0 Å². The van der Waals surface area contributed by atoms with Gasteiger partial charge in [-0.05, 0) is 68.2 Å². The second-order valence-corrected chi connectivity index (χ2v) is 9.18. The standard InChI is InChI=1S/C24H24FN3O2S/c25-20-9-15(1-2-16(20)12-28-7-5-14(11-26)6-8-28)19-13-31-23-22(19)18-10-17(29)3-4-21(18)27-24(23)30/h1-4,9-10,13-14,29H,5-8,11-12,26H2,(H,27,30). The number of likely N-dealkylation sites (tertiary alicyclic amines) is 1. The van der Waals surface area contributed by atoms with Gasteiger partial charge in [-0.25, -0.2) is 4.39 Å². The predicted octanol–water partition coefficient (Wildman–Crippen LogP) is 4.43. The first kappa shape index (κ1) is 20.2. The minimum Gasteiger partial charge on any atom is -0.508 e. The van der Waals surface area contributed by atoms with E-state index >= 15 is 4.39 Å². The molecule has 0 spiro atoms. The van der Waals surface area contributed by atoms with Crippen molar-refractivity contribution in [2.24, 2.45) is 11.7 Å². The second kappa shape index (κ2) is 8.07. The van der Waals surface area contributed by atoms with E-state index in [-0.39, 0.29) is 17.1 Å². The number of H-pyrrole nitrogens is 1. The Labute approximate surface area is 182 Å². The van der Waals surface area contributed by atoms with Gasteiger partial charge in [-0.3, -0.25) is 9.69 Å². The SMILES string of the molecule is NCC1CCN(Cc2ccc(-c3csc4c(=O)[nH]c5ccc(O)cc5c34)cc2F)CC1. The number of aromatic amines is 1. The first-order valence-corrected chi connectivity index (χ1v) is 11.4. The average Bonchev–Trinajstić information content (AvgIpc) is 3.22. The molecule has 4 N–H and O–H groups in total. The van der Waals surface area contributed by atoms with Crippen LogP contribution in [0, 0.1) is 11.7 Å². The van der Waals surface area contributed by atoms with Gasteiger partial charge in [-0.2, -0.15) is 0 Å². The highest BCUT2D eigenvalue weighted by molar-refractivity contribution is 7.17. The molecule has 2 aromatic heterocycles. The van der Waals surface area contributed by atoms with Crippen molar-refractivity contribution in [1.82, 2.24) is 9.88 Å². The van der Waals surface area contributed by atoms with Crippen molar-refractivity contribution in [3.63, 3.8) is 0 Å². The number of nitrogens with one attached hydrogen (secondary N) is 1. The number of benzene rings is 2. The molecule has 4 aromatic rings. The van der Waals surface area contributed by atoms with Gasteiger partial charge in [0.1, 0.15) is 16.3 Å². The second-order valence-electron chi connectivity index (χ2n) is 8.30. The summed E-state index contributed by atoms with van der Waals surface area (Å²) in [4.78, 5) is 17.6. The summed E-state index contributed by atoms with van der Waals surface area (Å²) in [6.07, 6.45) is 2.12. The average molecular weight is 438 g/mol. The number of nitrogens with two attached hydrogens (primary N) is 1. The van der Waals surface area contributed by atoms with Crippen LogP contribution >= 0.6 is 11.3 Å². The molecule has 2 aromatic carbocycles. The Bertz CT molecular complexity index is 1320. The molecule has 0 unspecified atom stereocenters. The number of aromatic nitrogens is 1. The van der Waals surface area contributed by atoms with Crippen LogP contribution in [0.4, 0.5) is 4.39 Å². The number of nitrogens with zero attached hydrogens (tertiary/aromatic N) is 1. The number of thiophene rings is 1. The number of phenols is 1. The molecule has 7 heteroatoms. The molecular weight excluding hydrogens is 413 g/mol. The molecular formula is C24H24FN3O2S. The lowest BCUT2D eigenvalue weighted by Gasteiger charge is -2.31. The zero-order chi connectivity index (χ0) is 21.5. The van der Waals surface area contributed by atoms with Crippen molar-refractivity contribution < 1.29 is 9.50 Å². The van der Waals surface area contributed by atoms with Crippen molar-refractivity contribution in [2.45, 2.75) is 19.4 Å². The third-order valence-corrected chi connectivity index (χ3v) is 7.30. The Morgan fingerprint density at radius 1 is 1.19 bits per heavy atom. The molecule has 0 aliphatic carbocycles. The Morgan fingerprint density at radius 3 is 2.74 bits per heavy atom. The van der Waals surface area contributed by atoms with Crippen LogP contribution in [0.15, 0.2) is 46.6 Å². The molecule has 3 heterocycles. The van der Waals surface area contributed by atoms with E-state index in [4.69, 9.17) is 5.73 Å². The molecule has 0 amide bonds. The van der Waals surface area contributed by atoms with E-state index in [0.717, 1.165) is 54.4 Å². The number of piperidine rings is 1. The Hall–Kier alpha value is -2.74.